The average Bonchev–Trinajstić information content (AvgIpc) is 3.20. The summed E-state index contributed by atoms with van der Waals surface area (Å²) in [4.78, 5) is 26.3. The highest BCUT2D eigenvalue weighted by atomic mass is 35.5. The number of amides is 3. The van der Waals surface area contributed by atoms with Crippen molar-refractivity contribution in [2.75, 3.05) is 11.9 Å². The van der Waals surface area contributed by atoms with E-state index in [1.54, 1.807) is 0 Å². The molecule has 0 spiro atoms. The van der Waals surface area contributed by atoms with E-state index in [0.717, 1.165) is 15.6 Å². The molecule has 0 unspecified atom stereocenters. The third-order valence-electron chi connectivity index (χ3n) is 5.43. The monoisotopic (exact) mass is 522 g/mol. The van der Waals surface area contributed by atoms with E-state index in [0.29, 0.717) is 0 Å². The minimum absolute atomic E-state index is 0.00231. The Kier molecular flexibility index (Phi) is 6.60. The summed E-state index contributed by atoms with van der Waals surface area (Å²) in [6.07, 6.45) is -2.95. The molecule has 1 atom stereocenters. The third-order valence-corrected chi connectivity index (χ3v) is 6.03. The van der Waals surface area contributed by atoms with Gasteiger partial charge in [-0.15, -0.1) is 0 Å². The van der Waals surface area contributed by atoms with Gasteiger partial charge in [0.2, 0.25) is 0 Å². The Balaban J connectivity index is 1.72. The lowest BCUT2D eigenvalue weighted by Crippen LogP contribution is -2.45. The highest BCUT2D eigenvalue weighted by molar-refractivity contribution is 6.32. The second-order valence-corrected chi connectivity index (χ2v) is 8.44. The topological polar surface area (TPSA) is 117 Å². The average molecular weight is 523 g/mol. The van der Waals surface area contributed by atoms with Gasteiger partial charge in [-0.3, -0.25) is 9.48 Å². The molecule has 0 saturated carbocycles. The summed E-state index contributed by atoms with van der Waals surface area (Å²) in [5.74, 6) is -1.67. The molecule has 8 nitrogen and oxygen atoms in total. The lowest BCUT2D eigenvalue weighted by atomic mass is 10.0. The van der Waals surface area contributed by atoms with Crippen LogP contribution in [0.5, 0.6) is 0 Å². The van der Waals surface area contributed by atoms with Gasteiger partial charge >= 0.3 is 6.03 Å². The summed E-state index contributed by atoms with van der Waals surface area (Å²) in [5, 5.41) is 15.5. The fraction of sp³-hybridized carbons (Fsp3) is 0.182. The molecule has 1 aliphatic rings. The first-order valence-electron chi connectivity index (χ1n) is 10.0. The lowest BCUT2D eigenvalue weighted by molar-refractivity contribution is 0.0444. The van der Waals surface area contributed by atoms with E-state index in [1.165, 1.54) is 30.3 Å². The smallest absolute Gasteiger partial charge is 0.322 e. The van der Waals surface area contributed by atoms with Crippen molar-refractivity contribution < 1.29 is 22.8 Å². The zero-order chi connectivity index (χ0) is 25.4. The van der Waals surface area contributed by atoms with Crippen molar-refractivity contribution in [3.8, 4) is 17.3 Å². The van der Waals surface area contributed by atoms with Gasteiger partial charge in [-0.1, -0.05) is 23.2 Å². The summed E-state index contributed by atoms with van der Waals surface area (Å²) < 4.78 is 42.6. The number of nitrogens with one attached hydrogen (secondary N) is 1. The first-order valence-corrected chi connectivity index (χ1v) is 10.8. The number of anilines is 1. The van der Waals surface area contributed by atoms with Crippen LogP contribution in [0.3, 0.4) is 0 Å². The Morgan fingerprint density at radius 2 is 1.94 bits per heavy atom. The zero-order valence-corrected chi connectivity index (χ0v) is 19.1. The number of rotatable bonds is 4. The number of fused-ring (bicyclic) bond motifs is 1. The van der Waals surface area contributed by atoms with Gasteiger partial charge in [0.05, 0.1) is 40.0 Å². The van der Waals surface area contributed by atoms with Crippen LogP contribution in [-0.2, 0) is 6.54 Å². The fourth-order valence-corrected chi connectivity index (χ4v) is 4.18. The predicted octanol–water partition coefficient (Wildman–Crippen LogP) is 4.82. The van der Waals surface area contributed by atoms with Crippen molar-refractivity contribution in [1.82, 2.24) is 14.7 Å². The molecule has 3 N–H and O–H groups in total. The number of aromatic nitrogens is 2. The van der Waals surface area contributed by atoms with Gasteiger partial charge in [-0.2, -0.15) is 10.4 Å². The highest BCUT2D eigenvalue weighted by Crippen LogP contribution is 2.35. The molecule has 0 saturated heterocycles. The van der Waals surface area contributed by atoms with Crippen LogP contribution < -0.4 is 11.1 Å². The largest absolute Gasteiger partial charge is 0.365 e. The van der Waals surface area contributed by atoms with Crippen LogP contribution in [0.1, 0.15) is 27.7 Å². The van der Waals surface area contributed by atoms with E-state index in [4.69, 9.17) is 34.2 Å². The Morgan fingerprint density at radius 3 is 2.54 bits per heavy atom. The van der Waals surface area contributed by atoms with Gasteiger partial charge in [0, 0.05) is 11.3 Å². The first kappa shape index (κ1) is 24.4. The van der Waals surface area contributed by atoms with Crippen LogP contribution in [0.2, 0.25) is 10.0 Å². The number of nitrogens with zero attached hydrogens (tertiary/aromatic N) is 4. The number of hydrogen-bond donors (Lipinski definition) is 2. The fourth-order valence-electron chi connectivity index (χ4n) is 3.78. The molecule has 2 aromatic carbocycles. The van der Waals surface area contributed by atoms with Crippen molar-refractivity contribution >= 4 is 40.8 Å². The molecule has 0 bridgehead atoms. The van der Waals surface area contributed by atoms with Gasteiger partial charge in [0.25, 0.3) is 12.3 Å². The molecule has 0 aliphatic carbocycles. The minimum Gasteiger partial charge on any atom is -0.365 e. The van der Waals surface area contributed by atoms with Gasteiger partial charge in [-0.05, 0) is 36.4 Å². The first-order chi connectivity index (χ1) is 16.6. The maximum atomic E-state index is 14.0. The van der Waals surface area contributed by atoms with Gasteiger partial charge in [-0.25, -0.2) is 18.0 Å². The number of primary amides is 1. The molecule has 1 aromatic heterocycles. The Bertz CT molecular complexity index is 1390. The summed E-state index contributed by atoms with van der Waals surface area (Å²) in [6.45, 7) is -0.691. The van der Waals surface area contributed by atoms with Crippen molar-refractivity contribution in [1.29, 1.82) is 5.26 Å². The second-order valence-electron chi connectivity index (χ2n) is 7.63. The molecule has 13 heteroatoms. The normalized spacial score (nSPS) is 15.0. The minimum atomic E-state index is -2.95. The van der Waals surface area contributed by atoms with E-state index >= 15 is 0 Å². The number of halogens is 5. The number of urea groups is 1. The molecule has 3 amide bonds. The lowest BCUT2D eigenvalue weighted by Gasteiger charge is -2.33. The maximum absolute atomic E-state index is 14.0. The number of carbonyl (C=O) groups excluding carboxylic acids is 2. The third kappa shape index (κ3) is 4.62. The molecule has 35 heavy (non-hydrogen) atoms. The number of hydrogen-bond acceptors (Lipinski definition) is 4. The number of nitriles is 1. The number of nitrogens with two attached hydrogens (primary N) is 1. The van der Waals surface area contributed by atoms with Gasteiger partial charge in [0.1, 0.15) is 23.6 Å². The van der Waals surface area contributed by atoms with E-state index in [1.807, 2.05) is 6.07 Å². The van der Waals surface area contributed by atoms with E-state index in [-0.39, 0.29) is 50.4 Å². The summed E-state index contributed by atoms with van der Waals surface area (Å²) >= 11 is 11.8. The molecular formula is C22H15Cl2F3N6O2. The Hall–Kier alpha value is -3.75. The molecule has 0 radical (unpaired) electrons. The Morgan fingerprint density at radius 1 is 1.20 bits per heavy atom. The van der Waals surface area contributed by atoms with Crippen LogP contribution in [0.4, 0.5) is 23.7 Å². The van der Waals surface area contributed by atoms with Crippen molar-refractivity contribution in [3.05, 3.63) is 69.1 Å². The SMILES string of the molecule is N#Cc1ccc(NC(=O)N2Cc3c(C(N)=O)c(-c4ccc(F)c(Cl)c4)nn3[C@H](C(F)F)C2)cc1Cl. The number of benzene rings is 2. The number of alkyl halides is 2. The molecule has 180 valence electrons. The number of carbonyl (C=O) groups is 2. The second kappa shape index (κ2) is 9.48. The molecule has 2 heterocycles. The van der Waals surface area contributed by atoms with Gasteiger partial charge < -0.3 is 16.0 Å². The molecule has 1 aliphatic heterocycles. The van der Waals surface area contributed by atoms with Crippen LogP contribution in [0.15, 0.2) is 36.4 Å². The van der Waals surface area contributed by atoms with Gasteiger partial charge in [0.15, 0.2) is 0 Å². The molecule has 3 aromatic rings. The van der Waals surface area contributed by atoms with Crippen LogP contribution >= 0.6 is 23.2 Å². The van der Waals surface area contributed by atoms with E-state index in [2.05, 4.69) is 10.4 Å². The molecule has 4 rings (SSSR count). The summed E-state index contributed by atoms with van der Waals surface area (Å²) in [5.41, 5.74) is 5.95. The van der Waals surface area contributed by atoms with E-state index < -0.39 is 36.8 Å². The predicted molar refractivity (Wildman–Crippen MR) is 122 cm³/mol. The van der Waals surface area contributed by atoms with Crippen molar-refractivity contribution in [2.24, 2.45) is 5.73 Å². The standard InChI is InChI=1S/C22H15Cl2F3N6O2/c23-13-6-12(3-1-11(13)7-28)30-22(35)32-8-16-18(21(29)34)19(10-2-4-15(25)14(24)5-10)31-33(16)17(9-32)20(26)27/h1-6,17,20H,8-9H2,(H2,29,34)(H,30,35)/t17-/m0/s1. The van der Waals surface area contributed by atoms with E-state index in [9.17, 15) is 22.8 Å². The molecular weight excluding hydrogens is 508 g/mol. The molecule has 0 fully saturated rings. The van der Waals surface area contributed by atoms with Crippen molar-refractivity contribution in [3.63, 3.8) is 0 Å². The van der Waals surface area contributed by atoms with Crippen LogP contribution in [0, 0.1) is 17.1 Å². The van der Waals surface area contributed by atoms with Crippen LogP contribution in [0.25, 0.3) is 11.3 Å². The maximum Gasteiger partial charge on any atom is 0.322 e. The Labute approximate surface area is 206 Å². The summed E-state index contributed by atoms with van der Waals surface area (Å²) in [7, 11) is 0. The highest BCUT2D eigenvalue weighted by Gasteiger charge is 2.38. The summed E-state index contributed by atoms with van der Waals surface area (Å²) in [6, 6.07) is 7.28. The zero-order valence-electron chi connectivity index (χ0n) is 17.6. The van der Waals surface area contributed by atoms with Crippen molar-refractivity contribution in [2.45, 2.75) is 19.0 Å². The van der Waals surface area contributed by atoms with Crippen LogP contribution in [-0.4, -0.2) is 39.6 Å². The quantitative estimate of drug-likeness (QED) is 0.510.